The van der Waals surface area contributed by atoms with Crippen LogP contribution in [0.3, 0.4) is 0 Å². The van der Waals surface area contributed by atoms with E-state index in [-0.39, 0.29) is 5.41 Å². The number of aryl methyl sites for hydroxylation is 2. The first-order valence-corrected chi connectivity index (χ1v) is 9.15. The number of pyridine rings is 1. The molecule has 2 nitrogen and oxygen atoms in total. The summed E-state index contributed by atoms with van der Waals surface area (Å²) < 4.78 is 0. The Bertz CT molecular complexity index is 891. The van der Waals surface area contributed by atoms with Gasteiger partial charge in [0.25, 0.3) is 0 Å². The third-order valence-corrected chi connectivity index (χ3v) is 5.51. The zero-order chi connectivity index (χ0) is 17.5. The minimum atomic E-state index is 0.0468. The van der Waals surface area contributed by atoms with E-state index < -0.39 is 0 Å². The Hall–Kier alpha value is -1.71. The Morgan fingerprint density at radius 1 is 1.08 bits per heavy atom. The van der Waals surface area contributed by atoms with Crippen LogP contribution in [0, 0.1) is 13.8 Å². The maximum atomic E-state index is 6.29. The highest BCUT2D eigenvalue weighted by Crippen LogP contribution is 2.38. The SMILES string of the molecule is Cc1ccc(-c2nc(-c3cnccc3C(C)(C)C)sc2C)cc1Cl. The quantitative estimate of drug-likeness (QED) is 0.528. The second-order valence-corrected chi connectivity index (χ2v) is 8.67. The molecule has 2 aromatic heterocycles. The summed E-state index contributed by atoms with van der Waals surface area (Å²) in [5.41, 5.74) is 5.57. The van der Waals surface area contributed by atoms with E-state index >= 15 is 0 Å². The van der Waals surface area contributed by atoms with Gasteiger partial charge in [-0.25, -0.2) is 4.98 Å². The van der Waals surface area contributed by atoms with Gasteiger partial charge in [0, 0.05) is 33.4 Å². The van der Waals surface area contributed by atoms with Gasteiger partial charge in [0.2, 0.25) is 0 Å². The van der Waals surface area contributed by atoms with Gasteiger partial charge in [0.15, 0.2) is 0 Å². The fraction of sp³-hybridized carbons (Fsp3) is 0.300. The van der Waals surface area contributed by atoms with Crippen LogP contribution < -0.4 is 0 Å². The van der Waals surface area contributed by atoms with Gasteiger partial charge in [-0.05, 0) is 42.5 Å². The topological polar surface area (TPSA) is 25.8 Å². The van der Waals surface area contributed by atoms with E-state index in [0.29, 0.717) is 0 Å². The lowest BCUT2D eigenvalue weighted by molar-refractivity contribution is 0.591. The molecule has 0 saturated heterocycles. The highest BCUT2D eigenvalue weighted by Gasteiger charge is 2.21. The molecule has 0 radical (unpaired) electrons. The fourth-order valence-electron chi connectivity index (χ4n) is 2.74. The number of hydrogen-bond donors (Lipinski definition) is 0. The molecule has 0 N–H and O–H groups in total. The van der Waals surface area contributed by atoms with Gasteiger partial charge in [0.1, 0.15) is 5.01 Å². The van der Waals surface area contributed by atoms with E-state index in [1.54, 1.807) is 11.3 Å². The molecule has 2 heterocycles. The van der Waals surface area contributed by atoms with Crippen molar-refractivity contribution in [3.8, 4) is 21.8 Å². The molecule has 3 aromatic rings. The minimum Gasteiger partial charge on any atom is -0.264 e. The van der Waals surface area contributed by atoms with E-state index in [2.05, 4.69) is 44.8 Å². The Labute approximate surface area is 152 Å². The molecule has 0 spiro atoms. The molecule has 0 fully saturated rings. The Morgan fingerprint density at radius 2 is 1.83 bits per heavy atom. The van der Waals surface area contributed by atoms with Crippen molar-refractivity contribution in [3.63, 3.8) is 0 Å². The maximum absolute atomic E-state index is 6.29. The lowest BCUT2D eigenvalue weighted by Crippen LogP contribution is -2.12. The third kappa shape index (κ3) is 3.24. The number of halogens is 1. The number of nitrogens with zero attached hydrogens (tertiary/aromatic N) is 2. The van der Waals surface area contributed by atoms with Crippen molar-refractivity contribution < 1.29 is 0 Å². The van der Waals surface area contributed by atoms with Crippen LogP contribution in [0.2, 0.25) is 5.02 Å². The van der Waals surface area contributed by atoms with Gasteiger partial charge in [-0.15, -0.1) is 11.3 Å². The molecule has 3 rings (SSSR count). The number of thiazole rings is 1. The summed E-state index contributed by atoms with van der Waals surface area (Å²) in [5, 5.41) is 1.79. The normalized spacial score (nSPS) is 11.8. The van der Waals surface area contributed by atoms with Crippen LogP contribution in [0.4, 0.5) is 0 Å². The summed E-state index contributed by atoms with van der Waals surface area (Å²) in [6, 6.07) is 8.22. The molecule has 0 aliphatic carbocycles. The molecule has 0 aliphatic rings. The van der Waals surface area contributed by atoms with Crippen molar-refractivity contribution in [3.05, 3.63) is 57.7 Å². The van der Waals surface area contributed by atoms with Crippen LogP contribution in [0.15, 0.2) is 36.7 Å². The highest BCUT2D eigenvalue weighted by atomic mass is 35.5. The molecule has 0 amide bonds. The average molecular weight is 357 g/mol. The van der Waals surface area contributed by atoms with Crippen LogP contribution >= 0.6 is 22.9 Å². The molecule has 0 unspecified atom stereocenters. The first-order chi connectivity index (χ1) is 11.3. The smallest absolute Gasteiger partial charge is 0.126 e. The fourth-order valence-corrected chi connectivity index (χ4v) is 3.88. The van der Waals surface area contributed by atoms with Crippen molar-refractivity contribution in [2.24, 2.45) is 0 Å². The monoisotopic (exact) mass is 356 g/mol. The van der Waals surface area contributed by atoms with Gasteiger partial charge >= 0.3 is 0 Å². The second-order valence-electron chi connectivity index (χ2n) is 7.06. The van der Waals surface area contributed by atoms with Gasteiger partial charge in [-0.3, -0.25) is 4.98 Å². The molecule has 1 aromatic carbocycles. The zero-order valence-electron chi connectivity index (χ0n) is 14.6. The number of aromatic nitrogens is 2. The van der Waals surface area contributed by atoms with Crippen molar-refractivity contribution in [2.45, 2.75) is 40.0 Å². The second kappa shape index (κ2) is 6.30. The summed E-state index contributed by atoms with van der Waals surface area (Å²) in [5.74, 6) is 0. The molecule has 0 aliphatic heterocycles. The molecule has 24 heavy (non-hydrogen) atoms. The van der Waals surface area contributed by atoms with E-state index in [9.17, 15) is 0 Å². The first kappa shape index (κ1) is 17.1. The predicted octanol–water partition coefficient (Wildman–Crippen LogP) is 6.44. The van der Waals surface area contributed by atoms with E-state index in [4.69, 9.17) is 16.6 Å². The first-order valence-electron chi connectivity index (χ1n) is 7.96. The van der Waals surface area contributed by atoms with Crippen molar-refractivity contribution in [1.82, 2.24) is 9.97 Å². The Balaban J connectivity index is 2.12. The van der Waals surface area contributed by atoms with E-state index in [1.807, 2.05) is 31.5 Å². The van der Waals surface area contributed by atoms with Crippen molar-refractivity contribution in [1.29, 1.82) is 0 Å². The molecule has 4 heteroatoms. The van der Waals surface area contributed by atoms with Crippen LogP contribution in [-0.2, 0) is 5.41 Å². The summed E-state index contributed by atoms with van der Waals surface area (Å²) in [6.45, 7) is 10.8. The van der Waals surface area contributed by atoms with Crippen molar-refractivity contribution >= 4 is 22.9 Å². The summed E-state index contributed by atoms with van der Waals surface area (Å²) in [7, 11) is 0. The molecular weight excluding hydrogens is 336 g/mol. The summed E-state index contributed by atoms with van der Waals surface area (Å²) in [6.07, 6.45) is 3.77. The summed E-state index contributed by atoms with van der Waals surface area (Å²) >= 11 is 8.00. The molecule has 124 valence electrons. The number of benzene rings is 1. The Morgan fingerprint density at radius 3 is 2.50 bits per heavy atom. The van der Waals surface area contributed by atoms with E-state index in [1.165, 1.54) is 10.4 Å². The van der Waals surface area contributed by atoms with Crippen LogP contribution in [0.5, 0.6) is 0 Å². The standard InChI is InChI=1S/C20H21ClN2S/c1-12-6-7-14(10-17(12)21)18-13(2)24-19(23-18)15-11-22-9-8-16(15)20(3,4)5/h6-11H,1-5H3. The van der Waals surface area contributed by atoms with Gasteiger partial charge in [0.05, 0.1) is 5.69 Å². The molecule has 0 atom stereocenters. The highest BCUT2D eigenvalue weighted by molar-refractivity contribution is 7.15. The lowest BCUT2D eigenvalue weighted by Gasteiger charge is -2.21. The minimum absolute atomic E-state index is 0.0468. The summed E-state index contributed by atoms with van der Waals surface area (Å²) in [4.78, 5) is 10.4. The largest absolute Gasteiger partial charge is 0.264 e. The third-order valence-electron chi connectivity index (χ3n) is 4.10. The van der Waals surface area contributed by atoms with Gasteiger partial charge in [-0.1, -0.05) is 44.5 Å². The molecule has 0 saturated carbocycles. The van der Waals surface area contributed by atoms with Crippen LogP contribution in [0.1, 0.15) is 36.8 Å². The number of rotatable bonds is 2. The molecule has 0 bridgehead atoms. The predicted molar refractivity (Wildman–Crippen MR) is 104 cm³/mol. The van der Waals surface area contributed by atoms with Crippen LogP contribution in [-0.4, -0.2) is 9.97 Å². The Kier molecular flexibility index (Phi) is 4.50. The zero-order valence-corrected chi connectivity index (χ0v) is 16.2. The maximum Gasteiger partial charge on any atom is 0.126 e. The average Bonchev–Trinajstić information content (AvgIpc) is 2.91. The van der Waals surface area contributed by atoms with E-state index in [0.717, 1.165) is 32.4 Å². The lowest BCUT2D eigenvalue weighted by atomic mass is 9.85. The van der Waals surface area contributed by atoms with Crippen molar-refractivity contribution in [2.75, 3.05) is 0 Å². The molecular formula is C20H21ClN2S. The number of hydrogen-bond acceptors (Lipinski definition) is 3. The van der Waals surface area contributed by atoms with Gasteiger partial charge in [-0.2, -0.15) is 0 Å². The van der Waals surface area contributed by atoms with Crippen LogP contribution in [0.25, 0.3) is 21.8 Å². The van der Waals surface area contributed by atoms with Gasteiger partial charge < -0.3 is 0 Å².